The van der Waals surface area contributed by atoms with Gasteiger partial charge in [-0.15, -0.1) is 0 Å². The summed E-state index contributed by atoms with van der Waals surface area (Å²) in [5.74, 6) is -0.921. The fourth-order valence-corrected chi connectivity index (χ4v) is 2.87. The molecule has 3 aromatic carbocycles. The van der Waals surface area contributed by atoms with Crippen LogP contribution >= 0.6 is 0 Å². The zero-order valence-corrected chi connectivity index (χ0v) is 14.6. The SMILES string of the molecule is COC(=O)c1cc(-c2ccccc2)c(C(=O)OC)cc1-c1ccccc1. The molecule has 3 aromatic rings. The first kappa shape index (κ1) is 17.4. The van der Waals surface area contributed by atoms with Crippen molar-refractivity contribution in [3.05, 3.63) is 83.9 Å². The second-order valence-corrected chi connectivity index (χ2v) is 5.66. The molecule has 26 heavy (non-hydrogen) atoms. The first-order chi connectivity index (χ1) is 12.7. The first-order valence-corrected chi connectivity index (χ1v) is 8.11. The van der Waals surface area contributed by atoms with Crippen molar-refractivity contribution >= 4 is 11.9 Å². The van der Waals surface area contributed by atoms with Gasteiger partial charge >= 0.3 is 11.9 Å². The molecule has 0 amide bonds. The molecule has 3 rings (SSSR count). The summed E-state index contributed by atoms with van der Waals surface area (Å²) >= 11 is 0. The molecule has 0 aliphatic carbocycles. The minimum absolute atomic E-state index is 0.394. The van der Waals surface area contributed by atoms with Crippen LogP contribution in [0.5, 0.6) is 0 Å². The van der Waals surface area contributed by atoms with Crippen LogP contribution in [0.15, 0.2) is 72.8 Å². The molecule has 0 aliphatic heterocycles. The molecule has 0 aliphatic rings. The predicted molar refractivity (Wildman–Crippen MR) is 100.0 cm³/mol. The second-order valence-electron chi connectivity index (χ2n) is 5.66. The highest BCUT2D eigenvalue weighted by Gasteiger charge is 2.21. The highest BCUT2D eigenvalue weighted by molar-refractivity contribution is 6.05. The summed E-state index contributed by atoms with van der Waals surface area (Å²) in [6, 6.07) is 22.2. The zero-order valence-electron chi connectivity index (χ0n) is 14.6. The van der Waals surface area contributed by atoms with Crippen LogP contribution in [0.2, 0.25) is 0 Å². The summed E-state index contributed by atoms with van der Waals surface area (Å²) in [4.78, 5) is 24.8. The Labute approximate surface area is 152 Å². The molecular weight excluding hydrogens is 328 g/mol. The molecule has 0 fully saturated rings. The summed E-state index contributed by atoms with van der Waals surface area (Å²) in [6.45, 7) is 0. The van der Waals surface area contributed by atoms with Gasteiger partial charge in [0.2, 0.25) is 0 Å². The van der Waals surface area contributed by atoms with Crippen molar-refractivity contribution in [3.8, 4) is 22.3 Å². The van der Waals surface area contributed by atoms with Crippen LogP contribution in [0.1, 0.15) is 20.7 Å². The molecule has 0 heterocycles. The van der Waals surface area contributed by atoms with Crippen molar-refractivity contribution in [1.82, 2.24) is 0 Å². The van der Waals surface area contributed by atoms with E-state index in [4.69, 9.17) is 9.47 Å². The molecule has 0 radical (unpaired) electrons. The van der Waals surface area contributed by atoms with Crippen LogP contribution in [0.25, 0.3) is 22.3 Å². The molecule has 0 saturated carbocycles. The third-order valence-corrected chi connectivity index (χ3v) is 4.14. The van der Waals surface area contributed by atoms with E-state index in [9.17, 15) is 9.59 Å². The second kappa shape index (κ2) is 7.66. The monoisotopic (exact) mass is 346 g/mol. The van der Waals surface area contributed by atoms with Crippen molar-refractivity contribution in [1.29, 1.82) is 0 Å². The maximum atomic E-state index is 12.4. The molecule has 130 valence electrons. The van der Waals surface area contributed by atoms with Gasteiger partial charge in [-0.3, -0.25) is 0 Å². The molecule has 0 saturated heterocycles. The van der Waals surface area contributed by atoms with E-state index in [0.29, 0.717) is 22.3 Å². The largest absolute Gasteiger partial charge is 0.465 e. The van der Waals surface area contributed by atoms with Gasteiger partial charge in [-0.2, -0.15) is 0 Å². The van der Waals surface area contributed by atoms with Crippen molar-refractivity contribution in [2.45, 2.75) is 0 Å². The fourth-order valence-electron chi connectivity index (χ4n) is 2.87. The number of hydrogen-bond acceptors (Lipinski definition) is 4. The summed E-state index contributed by atoms with van der Waals surface area (Å²) in [7, 11) is 2.68. The van der Waals surface area contributed by atoms with E-state index >= 15 is 0 Å². The predicted octanol–water partition coefficient (Wildman–Crippen LogP) is 4.59. The van der Waals surface area contributed by atoms with Crippen molar-refractivity contribution < 1.29 is 19.1 Å². The fraction of sp³-hybridized carbons (Fsp3) is 0.0909. The Morgan fingerprint density at radius 2 is 0.962 bits per heavy atom. The Morgan fingerprint density at radius 1 is 0.615 bits per heavy atom. The summed E-state index contributed by atoms with van der Waals surface area (Å²) in [5, 5.41) is 0. The number of rotatable bonds is 4. The Bertz CT molecular complexity index is 852. The van der Waals surface area contributed by atoms with Gasteiger partial charge in [0.05, 0.1) is 25.3 Å². The number of methoxy groups -OCH3 is 2. The normalized spacial score (nSPS) is 10.2. The zero-order chi connectivity index (χ0) is 18.5. The van der Waals surface area contributed by atoms with Gasteiger partial charge in [0.1, 0.15) is 0 Å². The van der Waals surface area contributed by atoms with E-state index in [1.807, 2.05) is 60.7 Å². The van der Waals surface area contributed by atoms with E-state index in [1.165, 1.54) is 14.2 Å². The molecule has 0 aromatic heterocycles. The molecule has 0 unspecified atom stereocenters. The van der Waals surface area contributed by atoms with Crippen LogP contribution in [0.4, 0.5) is 0 Å². The van der Waals surface area contributed by atoms with Gasteiger partial charge in [0.15, 0.2) is 0 Å². The van der Waals surface area contributed by atoms with Gasteiger partial charge in [-0.25, -0.2) is 9.59 Å². The highest BCUT2D eigenvalue weighted by atomic mass is 16.5. The Hall–Kier alpha value is -3.40. The van der Waals surface area contributed by atoms with Crippen LogP contribution in [0.3, 0.4) is 0 Å². The van der Waals surface area contributed by atoms with Crippen molar-refractivity contribution in [3.63, 3.8) is 0 Å². The molecule has 0 atom stereocenters. The Morgan fingerprint density at radius 3 is 1.27 bits per heavy atom. The average molecular weight is 346 g/mol. The molecule has 0 N–H and O–H groups in total. The lowest BCUT2D eigenvalue weighted by molar-refractivity contribution is 0.0588. The van der Waals surface area contributed by atoms with Crippen LogP contribution < -0.4 is 0 Å². The summed E-state index contributed by atoms with van der Waals surface area (Å²) < 4.78 is 9.92. The minimum Gasteiger partial charge on any atom is -0.465 e. The average Bonchev–Trinajstić information content (AvgIpc) is 2.73. The lowest BCUT2D eigenvalue weighted by Crippen LogP contribution is -2.09. The lowest BCUT2D eigenvalue weighted by atomic mass is 9.90. The first-order valence-electron chi connectivity index (χ1n) is 8.11. The number of carbonyl (C=O) groups excluding carboxylic acids is 2. The van der Waals surface area contributed by atoms with Crippen LogP contribution in [-0.4, -0.2) is 26.2 Å². The molecule has 4 heteroatoms. The molecule has 0 spiro atoms. The summed E-state index contributed by atoms with van der Waals surface area (Å²) in [5.41, 5.74) is 3.67. The van der Waals surface area contributed by atoms with E-state index in [0.717, 1.165) is 11.1 Å². The van der Waals surface area contributed by atoms with E-state index in [2.05, 4.69) is 0 Å². The van der Waals surface area contributed by atoms with E-state index < -0.39 is 11.9 Å². The number of hydrogen-bond donors (Lipinski definition) is 0. The maximum Gasteiger partial charge on any atom is 0.338 e. The van der Waals surface area contributed by atoms with Gasteiger partial charge in [-0.05, 0) is 34.4 Å². The van der Waals surface area contributed by atoms with Crippen LogP contribution in [0, 0.1) is 0 Å². The number of carbonyl (C=O) groups is 2. The number of ether oxygens (including phenoxy) is 2. The molecular formula is C22H18O4. The van der Waals surface area contributed by atoms with Gasteiger partial charge in [0.25, 0.3) is 0 Å². The summed E-state index contributed by atoms with van der Waals surface area (Å²) in [6.07, 6.45) is 0. The van der Waals surface area contributed by atoms with E-state index in [-0.39, 0.29) is 0 Å². The Kier molecular flexibility index (Phi) is 5.13. The van der Waals surface area contributed by atoms with Crippen molar-refractivity contribution in [2.24, 2.45) is 0 Å². The topological polar surface area (TPSA) is 52.6 Å². The Balaban J connectivity index is 2.32. The lowest BCUT2D eigenvalue weighted by Gasteiger charge is -2.15. The van der Waals surface area contributed by atoms with Gasteiger partial charge in [0, 0.05) is 0 Å². The maximum absolute atomic E-state index is 12.4. The van der Waals surface area contributed by atoms with E-state index in [1.54, 1.807) is 12.1 Å². The smallest absolute Gasteiger partial charge is 0.338 e. The highest BCUT2D eigenvalue weighted by Crippen LogP contribution is 2.33. The van der Waals surface area contributed by atoms with Crippen LogP contribution in [-0.2, 0) is 9.47 Å². The number of esters is 2. The third-order valence-electron chi connectivity index (χ3n) is 4.14. The number of benzene rings is 3. The standard InChI is InChI=1S/C22H18O4/c1-25-21(23)19-13-18(16-11-7-4-8-12-16)20(22(24)26-2)14-17(19)15-9-5-3-6-10-15/h3-14H,1-2H3. The quantitative estimate of drug-likeness (QED) is 0.648. The minimum atomic E-state index is -0.461. The molecule has 4 nitrogen and oxygen atoms in total. The van der Waals surface area contributed by atoms with Gasteiger partial charge < -0.3 is 9.47 Å². The third kappa shape index (κ3) is 3.35. The van der Waals surface area contributed by atoms with Crippen molar-refractivity contribution in [2.75, 3.05) is 14.2 Å². The molecule has 0 bridgehead atoms. The van der Waals surface area contributed by atoms with Gasteiger partial charge in [-0.1, -0.05) is 60.7 Å².